The number of benzene rings is 2. The van der Waals surface area contributed by atoms with E-state index in [-0.39, 0.29) is 0 Å². The van der Waals surface area contributed by atoms with Crippen LogP contribution in [0.1, 0.15) is 30.5 Å². The summed E-state index contributed by atoms with van der Waals surface area (Å²) in [7, 11) is 3.27. The first-order chi connectivity index (χ1) is 13.6. The van der Waals surface area contributed by atoms with Crippen molar-refractivity contribution < 1.29 is 14.2 Å². The van der Waals surface area contributed by atoms with Gasteiger partial charge in [0.1, 0.15) is 5.75 Å². The molecule has 0 aliphatic heterocycles. The molecule has 0 heterocycles. The largest absolute Gasteiger partial charge is 0.494 e. The van der Waals surface area contributed by atoms with Gasteiger partial charge in [0.15, 0.2) is 17.5 Å². The lowest BCUT2D eigenvalue weighted by Crippen LogP contribution is -2.36. The molecule has 0 aromatic heterocycles. The zero-order chi connectivity index (χ0) is 20.4. The third-order valence-corrected chi connectivity index (χ3v) is 4.21. The molecule has 0 atom stereocenters. The third kappa shape index (κ3) is 5.81. The summed E-state index contributed by atoms with van der Waals surface area (Å²) in [5.74, 6) is 3.05. The Morgan fingerprint density at radius 3 is 2.46 bits per heavy atom. The van der Waals surface area contributed by atoms with Crippen LogP contribution in [0.25, 0.3) is 0 Å². The Morgan fingerprint density at radius 2 is 1.79 bits per heavy atom. The van der Waals surface area contributed by atoms with Crippen LogP contribution in [-0.4, -0.2) is 33.3 Å². The predicted molar refractivity (Wildman–Crippen MR) is 114 cm³/mol. The molecule has 6 heteroatoms. The van der Waals surface area contributed by atoms with E-state index in [4.69, 9.17) is 19.2 Å². The number of ether oxygens (including phenoxy) is 3. The Labute approximate surface area is 167 Å². The van der Waals surface area contributed by atoms with Gasteiger partial charge < -0.3 is 24.8 Å². The van der Waals surface area contributed by atoms with Gasteiger partial charge in [-0.2, -0.15) is 0 Å². The summed E-state index contributed by atoms with van der Waals surface area (Å²) >= 11 is 0. The molecule has 2 aromatic rings. The molecule has 28 heavy (non-hydrogen) atoms. The molecule has 0 radical (unpaired) electrons. The molecule has 0 fully saturated rings. The molecule has 0 aliphatic rings. The molecule has 2 N–H and O–H groups in total. The SMILES string of the molecule is CCNC(=NCc1cccc(OC)c1OC)NCc1ccc(C)cc1OCC. The molecule has 0 aliphatic carbocycles. The summed E-state index contributed by atoms with van der Waals surface area (Å²) in [5.41, 5.74) is 3.24. The molecule has 152 valence electrons. The fourth-order valence-corrected chi connectivity index (χ4v) is 2.86. The maximum absolute atomic E-state index is 5.76. The number of hydrogen-bond acceptors (Lipinski definition) is 4. The van der Waals surface area contributed by atoms with Gasteiger partial charge in [-0.1, -0.05) is 24.3 Å². The molecule has 0 saturated carbocycles. The van der Waals surface area contributed by atoms with E-state index in [0.717, 1.165) is 29.4 Å². The van der Waals surface area contributed by atoms with E-state index in [0.29, 0.717) is 31.2 Å². The number of methoxy groups -OCH3 is 2. The van der Waals surface area contributed by atoms with E-state index in [9.17, 15) is 0 Å². The Balaban J connectivity index is 2.14. The van der Waals surface area contributed by atoms with Crippen LogP contribution in [-0.2, 0) is 13.1 Å². The molecule has 0 unspecified atom stereocenters. The van der Waals surface area contributed by atoms with Gasteiger partial charge in [0, 0.05) is 24.2 Å². The summed E-state index contributed by atoms with van der Waals surface area (Å²) in [5, 5.41) is 6.66. The zero-order valence-corrected chi connectivity index (χ0v) is 17.5. The number of para-hydroxylation sites is 1. The third-order valence-electron chi connectivity index (χ3n) is 4.21. The first kappa shape index (κ1) is 21.4. The number of hydrogen-bond donors (Lipinski definition) is 2. The minimum atomic E-state index is 0.474. The average Bonchev–Trinajstić information content (AvgIpc) is 2.71. The number of nitrogens with zero attached hydrogens (tertiary/aromatic N) is 1. The van der Waals surface area contributed by atoms with Crippen LogP contribution >= 0.6 is 0 Å². The summed E-state index contributed by atoms with van der Waals surface area (Å²) in [6.07, 6.45) is 0. The predicted octanol–water partition coefficient (Wildman–Crippen LogP) is 3.67. The smallest absolute Gasteiger partial charge is 0.191 e. The fourth-order valence-electron chi connectivity index (χ4n) is 2.86. The Morgan fingerprint density at radius 1 is 0.964 bits per heavy atom. The van der Waals surface area contributed by atoms with Crippen molar-refractivity contribution in [3.63, 3.8) is 0 Å². The van der Waals surface area contributed by atoms with Crippen LogP contribution in [0.5, 0.6) is 17.2 Å². The van der Waals surface area contributed by atoms with Crippen molar-refractivity contribution in [3.05, 3.63) is 53.1 Å². The summed E-state index contributed by atoms with van der Waals surface area (Å²) < 4.78 is 16.6. The monoisotopic (exact) mass is 385 g/mol. The van der Waals surface area contributed by atoms with Crippen molar-refractivity contribution >= 4 is 5.96 Å². The van der Waals surface area contributed by atoms with E-state index in [1.165, 1.54) is 5.56 Å². The Bertz CT molecular complexity index is 791. The maximum Gasteiger partial charge on any atom is 0.191 e. The second-order valence-electron chi connectivity index (χ2n) is 6.25. The van der Waals surface area contributed by atoms with E-state index in [1.807, 2.05) is 32.0 Å². The van der Waals surface area contributed by atoms with Gasteiger partial charge in [0.25, 0.3) is 0 Å². The molecule has 0 spiro atoms. The summed E-state index contributed by atoms with van der Waals surface area (Å²) in [6, 6.07) is 12.0. The van der Waals surface area contributed by atoms with E-state index >= 15 is 0 Å². The fraction of sp³-hybridized carbons (Fsp3) is 0.409. The van der Waals surface area contributed by atoms with Crippen LogP contribution in [0.3, 0.4) is 0 Å². The van der Waals surface area contributed by atoms with E-state index < -0.39 is 0 Å². The van der Waals surface area contributed by atoms with Crippen LogP contribution in [0.2, 0.25) is 0 Å². The lowest BCUT2D eigenvalue weighted by Gasteiger charge is -2.15. The normalized spacial score (nSPS) is 11.1. The standard InChI is InChI=1S/C22H31N3O3/c1-6-23-22(24-14-17-12-11-16(3)13-20(17)28-7-2)25-15-18-9-8-10-19(26-4)21(18)27-5/h8-13H,6-7,14-15H2,1-5H3,(H2,23,24,25). The van der Waals surface area contributed by atoms with Gasteiger partial charge in [-0.05, 0) is 38.5 Å². The second kappa shape index (κ2) is 11.1. The average molecular weight is 386 g/mol. The second-order valence-corrected chi connectivity index (χ2v) is 6.25. The number of aryl methyl sites for hydroxylation is 1. The number of nitrogens with one attached hydrogen (secondary N) is 2. The quantitative estimate of drug-likeness (QED) is 0.509. The van der Waals surface area contributed by atoms with Crippen molar-refractivity contribution in [2.24, 2.45) is 4.99 Å². The van der Waals surface area contributed by atoms with Crippen molar-refractivity contribution in [2.45, 2.75) is 33.9 Å². The van der Waals surface area contributed by atoms with Gasteiger partial charge >= 0.3 is 0 Å². The van der Waals surface area contributed by atoms with Gasteiger partial charge in [0.05, 0.1) is 27.4 Å². The number of aliphatic imine (C=N–C) groups is 1. The number of rotatable bonds is 9. The van der Waals surface area contributed by atoms with Gasteiger partial charge in [-0.15, -0.1) is 0 Å². The topological polar surface area (TPSA) is 64.1 Å². The van der Waals surface area contributed by atoms with Crippen molar-refractivity contribution in [2.75, 3.05) is 27.4 Å². The highest BCUT2D eigenvalue weighted by Gasteiger charge is 2.10. The highest BCUT2D eigenvalue weighted by Crippen LogP contribution is 2.31. The van der Waals surface area contributed by atoms with Crippen LogP contribution in [0.15, 0.2) is 41.4 Å². The minimum Gasteiger partial charge on any atom is -0.494 e. The first-order valence-electron chi connectivity index (χ1n) is 9.57. The van der Waals surface area contributed by atoms with Crippen LogP contribution < -0.4 is 24.8 Å². The molecule has 2 aromatic carbocycles. The lowest BCUT2D eigenvalue weighted by molar-refractivity contribution is 0.336. The highest BCUT2D eigenvalue weighted by molar-refractivity contribution is 5.79. The minimum absolute atomic E-state index is 0.474. The maximum atomic E-state index is 5.76. The lowest BCUT2D eigenvalue weighted by atomic mass is 10.1. The number of guanidine groups is 1. The van der Waals surface area contributed by atoms with Crippen LogP contribution in [0, 0.1) is 6.92 Å². The Hall–Kier alpha value is -2.89. The summed E-state index contributed by atoms with van der Waals surface area (Å²) in [4.78, 5) is 4.69. The first-order valence-corrected chi connectivity index (χ1v) is 9.57. The van der Waals surface area contributed by atoms with Crippen molar-refractivity contribution in [1.29, 1.82) is 0 Å². The molecule has 0 saturated heterocycles. The molecule has 0 bridgehead atoms. The molecule has 2 rings (SSSR count). The van der Waals surface area contributed by atoms with Gasteiger partial charge in [0.2, 0.25) is 0 Å². The van der Waals surface area contributed by atoms with Crippen LogP contribution in [0.4, 0.5) is 0 Å². The molecule has 0 amide bonds. The zero-order valence-electron chi connectivity index (χ0n) is 17.5. The molecular formula is C22H31N3O3. The van der Waals surface area contributed by atoms with Gasteiger partial charge in [-0.25, -0.2) is 4.99 Å². The van der Waals surface area contributed by atoms with E-state index in [2.05, 4.69) is 35.8 Å². The molecular weight excluding hydrogens is 354 g/mol. The van der Waals surface area contributed by atoms with Crippen molar-refractivity contribution in [3.8, 4) is 17.2 Å². The molecule has 6 nitrogen and oxygen atoms in total. The summed E-state index contributed by atoms with van der Waals surface area (Å²) in [6.45, 7) is 8.60. The Kier molecular flexibility index (Phi) is 8.46. The van der Waals surface area contributed by atoms with E-state index in [1.54, 1.807) is 14.2 Å². The van der Waals surface area contributed by atoms with Crippen molar-refractivity contribution in [1.82, 2.24) is 10.6 Å². The highest BCUT2D eigenvalue weighted by atomic mass is 16.5. The van der Waals surface area contributed by atoms with Gasteiger partial charge in [-0.3, -0.25) is 0 Å².